The van der Waals surface area contributed by atoms with Crippen molar-refractivity contribution >= 4 is 25.3 Å². The lowest BCUT2D eigenvalue weighted by Gasteiger charge is -1.98. The van der Waals surface area contributed by atoms with Crippen molar-refractivity contribution in [2.75, 3.05) is 13.2 Å². The van der Waals surface area contributed by atoms with Crippen molar-refractivity contribution < 1.29 is 10.2 Å². The van der Waals surface area contributed by atoms with Crippen LogP contribution in [0.4, 0.5) is 0 Å². The minimum atomic E-state index is 0.188. The highest BCUT2D eigenvalue weighted by Gasteiger charge is 1.99. The maximum absolute atomic E-state index is 8.81. The summed E-state index contributed by atoms with van der Waals surface area (Å²) in [6.07, 6.45) is 4.67. The number of pyridine rings is 1. The molecule has 0 unspecified atom stereocenters. The summed E-state index contributed by atoms with van der Waals surface area (Å²) in [6, 6.07) is 16.8. The molecule has 2 aromatic carbocycles. The highest BCUT2D eigenvalue weighted by molar-refractivity contribution is 7.80. The van der Waals surface area contributed by atoms with Gasteiger partial charge in [-0.25, -0.2) is 4.98 Å². The summed E-state index contributed by atoms with van der Waals surface area (Å²) in [5, 5.41) is 17.6. The lowest BCUT2D eigenvalue weighted by atomic mass is 10.1. The Kier molecular flexibility index (Phi) is 14.4. The second-order valence-electron chi connectivity index (χ2n) is 8.84. The molecule has 0 aliphatic heterocycles. The SMILES string of the molecule is OCCCCC#CC#Cc1ccc(S)c(C#Cc2cccc(C#Cc3cc(C#CC#CCCCCO)ccc3S)n2)c1. The number of aromatic nitrogens is 1. The first-order valence-electron chi connectivity index (χ1n) is 13.5. The first-order valence-corrected chi connectivity index (χ1v) is 14.3. The lowest BCUT2D eigenvalue weighted by Crippen LogP contribution is -1.88. The van der Waals surface area contributed by atoms with Gasteiger partial charge in [-0.1, -0.05) is 41.6 Å². The quantitative estimate of drug-likeness (QED) is 0.176. The molecule has 0 aliphatic carbocycles. The second-order valence-corrected chi connectivity index (χ2v) is 9.80. The number of hydrogen-bond donors (Lipinski definition) is 4. The van der Waals surface area contributed by atoms with E-state index < -0.39 is 0 Å². The molecule has 2 N–H and O–H groups in total. The Morgan fingerprint density at radius 1 is 0.548 bits per heavy atom. The molecule has 0 saturated carbocycles. The normalized spacial score (nSPS) is 9.05. The molecule has 1 heterocycles. The number of benzene rings is 2. The molecular formula is C37H29NO2S2. The third kappa shape index (κ3) is 12.0. The largest absolute Gasteiger partial charge is 0.396 e. The van der Waals surface area contributed by atoms with E-state index in [1.807, 2.05) is 54.6 Å². The Hall–Kier alpha value is -4.43. The number of hydrogen-bond acceptors (Lipinski definition) is 5. The van der Waals surface area contributed by atoms with Crippen LogP contribution in [0.15, 0.2) is 64.4 Å². The Bertz CT molecular complexity index is 1640. The van der Waals surface area contributed by atoms with E-state index in [1.54, 1.807) is 0 Å². The summed E-state index contributed by atoms with van der Waals surface area (Å²) in [5.74, 6) is 35.9. The van der Waals surface area contributed by atoms with Crippen molar-refractivity contribution in [1.29, 1.82) is 0 Å². The molecular weight excluding hydrogens is 555 g/mol. The zero-order valence-electron chi connectivity index (χ0n) is 23.1. The Labute approximate surface area is 260 Å². The second kappa shape index (κ2) is 18.8. The van der Waals surface area contributed by atoms with E-state index in [2.05, 4.69) is 101 Å². The molecule has 0 amide bonds. The Morgan fingerprint density at radius 3 is 1.48 bits per heavy atom. The molecule has 0 saturated heterocycles. The molecule has 3 nitrogen and oxygen atoms in total. The van der Waals surface area contributed by atoms with Crippen molar-refractivity contribution in [1.82, 2.24) is 4.98 Å². The van der Waals surface area contributed by atoms with Crippen LogP contribution in [0.5, 0.6) is 0 Å². The van der Waals surface area contributed by atoms with Crippen LogP contribution in [0, 0.1) is 71.0 Å². The fraction of sp³-hybridized carbons (Fsp3) is 0.216. The molecule has 3 rings (SSSR count). The Morgan fingerprint density at radius 2 is 1.02 bits per heavy atom. The van der Waals surface area contributed by atoms with Crippen LogP contribution in [0.3, 0.4) is 0 Å². The van der Waals surface area contributed by atoms with Gasteiger partial charge in [-0.2, -0.15) is 0 Å². The van der Waals surface area contributed by atoms with Crippen LogP contribution in [0.25, 0.3) is 0 Å². The molecule has 206 valence electrons. The summed E-state index contributed by atoms with van der Waals surface area (Å²) in [7, 11) is 0. The monoisotopic (exact) mass is 583 g/mol. The molecule has 0 bridgehead atoms. The van der Waals surface area contributed by atoms with E-state index in [-0.39, 0.29) is 13.2 Å². The van der Waals surface area contributed by atoms with E-state index in [1.165, 1.54) is 0 Å². The summed E-state index contributed by atoms with van der Waals surface area (Å²) in [4.78, 5) is 6.06. The summed E-state index contributed by atoms with van der Waals surface area (Å²) in [6.45, 7) is 0.376. The molecule has 1 aromatic heterocycles. The first-order chi connectivity index (χ1) is 20.6. The molecule has 42 heavy (non-hydrogen) atoms. The van der Waals surface area contributed by atoms with Gasteiger partial charge in [0.05, 0.1) is 0 Å². The zero-order chi connectivity index (χ0) is 29.8. The van der Waals surface area contributed by atoms with Crippen LogP contribution in [0.1, 0.15) is 72.2 Å². The van der Waals surface area contributed by atoms with E-state index in [9.17, 15) is 0 Å². The summed E-state index contributed by atoms with van der Waals surface area (Å²) < 4.78 is 0. The van der Waals surface area contributed by atoms with Crippen LogP contribution < -0.4 is 0 Å². The van der Waals surface area contributed by atoms with Crippen molar-refractivity contribution in [3.8, 4) is 71.0 Å². The highest BCUT2D eigenvalue weighted by Crippen LogP contribution is 2.16. The fourth-order valence-corrected chi connectivity index (χ4v) is 3.73. The molecule has 0 spiro atoms. The maximum atomic E-state index is 8.81. The highest BCUT2D eigenvalue weighted by atomic mass is 32.1. The number of aliphatic hydroxyl groups excluding tert-OH is 2. The zero-order valence-corrected chi connectivity index (χ0v) is 24.9. The van der Waals surface area contributed by atoms with Gasteiger partial charge in [-0.05, 0) is 110 Å². The Balaban J connectivity index is 1.72. The van der Waals surface area contributed by atoms with Gasteiger partial charge in [-0.3, -0.25) is 0 Å². The third-order valence-corrected chi connectivity index (χ3v) is 6.31. The van der Waals surface area contributed by atoms with Gasteiger partial charge >= 0.3 is 0 Å². The average molecular weight is 584 g/mol. The van der Waals surface area contributed by atoms with Gasteiger partial charge in [0, 0.05) is 58.1 Å². The molecule has 0 fully saturated rings. The van der Waals surface area contributed by atoms with Crippen molar-refractivity contribution in [2.45, 2.75) is 48.3 Å². The lowest BCUT2D eigenvalue weighted by molar-refractivity contribution is 0.285. The predicted octanol–water partition coefficient (Wildman–Crippen LogP) is 5.49. The maximum Gasteiger partial charge on any atom is 0.115 e. The van der Waals surface area contributed by atoms with E-state index in [4.69, 9.17) is 10.2 Å². The van der Waals surface area contributed by atoms with Crippen LogP contribution >= 0.6 is 25.3 Å². The van der Waals surface area contributed by atoms with Crippen LogP contribution in [0.2, 0.25) is 0 Å². The topological polar surface area (TPSA) is 53.4 Å². The van der Waals surface area contributed by atoms with Crippen molar-refractivity contribution in [3.05, 3.63) is 88.2 Å². The van der Waals surface area contributed by atoms with Crippen molar-refractivity contribution in [3.63, 3.8) is 0 Å². The smallest absolute Gasteiger partial charge is 0.115 e. The molecule has 0 atom stereocenters. The van der Waals surface area contributed by atoms with E-state index in [0.717, 1.165) is 70.6 Å². The third-order valence-electron chi connectivity index (χ3n) is 5.53. The van der Waals surface area contributed by atoms with Gasteiger partial charge in [0.15, 0.2) is 0 Å². The number of aliphatic hydroxyl groups is 2. The molecule has 0 radical (unpaired) electrons. The average Bonchev–Trinajstić information content (AvgIpc) is 3.00. The summed E-state index contributed by atoms with van der Waals surface area (Å²) >= 11 is 9.06. The molecule has 5 heteroatoms. The number of nitrogens with zero attached hydrogens (tertiary/aromatic N) is 1. The minimum Gasteiger partial charge on any atom is -0.396 e. The standard InChI is InChI=1S/C37H29NO2S2/c39-26-11-7-3-1-5-9-14-30-18-24-36(41)32(28-30)20-22-34-16-13-17-35(38-34)23-21-33-29-31(19-25-37(33)42)15-10-6-2-4-8-12-27-40/h13,16-19,24-25,28-29,39-42H,3-4,7-8,11-12,26-27H2. The van der Waals surface area contributed by atoms with E-state index in [0.29, 0.717) is 11.4 Å². The minimum absolute atomic E-state index is 0.188. The van der Waals surface area contributed by atoms with Crippen molar-refractivity contribution in [2.24, 2.45) is 0 Å². The van der Waals surface area contributed by atoms with Crippen LogP contribution in [-0.2, 0) is 0 Å². The molecule has 0 aliphatic rings. The molecule has 3 aromatic rings. The fourth-order valence-electron chi connectivity index (χ4n) is 3.34. The predicted molar refractivity (Wildman–Crippen MR) is 175 cm³/mol. The van der Waals surface area contributed by atoms with Gasteiger partial charge in [-0.15, -0.1) is 25.3 Å². The van der Waals surface area contributed by atoms with E-state index >= 15 is 0 Å². The van der Waals surface area contributed by atoms with Gasteiger partial charge in [0.1, 0.15) is 11.4 Å². The number of unbranched alkanes of at least 4 members (excludes halogenated alkanes) is 4. The van der Waals surface area contributed by atoms with Gasteiger partial charge in [0.25, 0.3) is 0 Å². The van der Waals surface area contributed by atoms with Gasteiger partial charge in [0.2, 0.25) is 0 Å². The van der Waals surface area contributed by atoms with Crippen LogP contribution in [-0.4, -0.2) is 28.4 Å². The summed E-state index contributed by atoms with van der Waals surface area (Å²) in [5.41, 5.74) is 4.26. The first kappa shape index (κ1) is 32.1. The van der Waals surface area contributed by atoms with Gasteiger partial charge < -0.3 is 10.2 Å². The number of rotatable bonds is 6. The number of thiol groups is 2.